The number of nitrogens with zero attached hydrogens (tertiary/aromatic N) is 3. The molecule has 3 amide bonds. The zero-order valence-corrected chi connectivity index (χ0v) is 29.3. The summed E-state index contributed by atoms with van der Waals surface area (Å²) in [5.74, 6) is -5.70. The molecule has 1 fully saturated rings. The molecule has 0 bridgehead atoms. The highest BCUT2D eigenvalue weighted by Crippen LogP contribution is 2.45. The van der Waals surface area contributed by atoms with Gasteiger partial charge >= 0.3 is 30.2 Å². The Bertz CT molecular complexity index is 1600. The topological polar surface area (TPSA) is 135 Å². The van der Waals surface area contributed by atoms with Crippen molar-refractivity contribution in [2.24, 2.45) is 5.92 Å². The Morgan fingerprint density at radius 1 is 0.980 bits per heavy atom. The molecule has 2 aromatic rings. The van der Waals surface area contributed by atoms with E-state index < -0.39 is 77.7 Å². The van der Waals surface area contributed by atoms with E-state index in [1.807, 2.05) is 0 Å². The summed E-state index contributed by atoms with van der Waals surface area (Å²) < 4.78 is 80.7. The SMILES string of the molecule is CC(C)(C)OC(=O)CN(C(=O)C(F)(F)F)c1c(OCc2ccccc2)cc2c(c1F)C[C@H](CN(CCC1COC1)C(=O)OC(C)(C)C)N2C(=O)O. The van der Waals surface area contributed by atoms with Gasteiger partial charge in [-0.1, -0.05) is 30.3 Å². The molecule has 2 aliphatic rings. The number of amides is 3. The fourth-order valence-electron chi connectivity index (χ4n) is 5.61. The summed E-state index contributed by atoms with van der Waals surface area (Å²) in [7, 11) is 0. The molecular formula is C35H43F4N3O9. The summed E-state index contributed by atoms with van der Waals surface area (Å²) in [6.45, 7) is 8.61. The van der Waals surface area contributed by atoms with Crippen molar-refractivity contribution in [3.8, 4) is 5.75 Å². The fraction of sp³-hybridized carbons (Fsp3) is 0.543. The largest absolute Gasteiger partial charge is 0.487 e. The summed E-state index contributed by atoms with van der Waals surface area (Å²) in [6.07, 6.45) is -7.71. The molecule has 2 heterocycles. The number of ether oxygens (including phenoxy) is 4. The summed E-state index contributed by atoms with van der Waals surface area (Å²) in [5.41, 5.74) is -3.17. The zero-order chi connectivity index (χ0) is 37.9. The van der Waals surface area contributed by atoms with Gasteiger partial charge in [0.1, 0.15) is 35.8 Å². The van der Waals surface area contributed by atoms with Gasteiger partial charge in [-0.15, -0.1) is 0 Å². The van der Waals surface area contributed by atoms with Crippen molar-refractivity contribution in [1.82, 2.24) is 4.90 Å². The highest BCUT2D eigenvalue weighted by molar-refractivity contribution is 6.03. The molecule has 0 aliphatic carbocycles. The monoisotopic (exact) mass is 725 g/mol. The van der Waals surface area contributed by atoms with Crippen LogP contribution >= 0.6 is 0 Å². The standard InChI is InChI=1S/C35H43F4N3O9/c1-33(2,3)50-27(43)17-41(30(44)35(37,38)39)29-26(49-20-21-10-8-7-9-11-21)15-25-24(28(29)36)14-23(42(25)31(45)46)16-40(13-12-22-18-48-19-22)32(47)51-34(4,5)6/h7-11,15,22-23H,12-14,16-20H2,1-6H3,(H,45,46)/t23-/m1/s1. The number of benzene rings is 2. The molecule has 280 valence electrons. The molecule has 16 heteroatoms. The van der Waals surface area contributed by atoms with Crippen molar-refractivity contribution in [1.29, 1.82) is 0 Å². The normalized spacial score (nSPS) is 16.2. The van der Waals surface area contributed by atoms with Gasteiger partial charge in [0.05, 0.1) is 24.9 Å². The molecule has 51 heavy (non-hydrogen) atoms. The van der Waals surface area contributed by atoms with Gasteiger partial charge in [0.25, 0.3) is 0 Å². The number of anilines is 2. The molecule has 0 spiro atoms. The number of alkyl halides is 3. The third-order valence-corrected chi connectivity index (χ3v) is 7.85. The maximum atomic E-state index is 16.9. The lowest BCUT2D eigenvalue weighted by Crippen LogP contribution is -2.48. The number of halogens is 4. The minimum absolute atomic E-state index is 0.101. The Labute approximate surface area is 293 Å². The molecule has 2 aromatic carbocycles. The predicted octanol–water partition coefficient (Wildman–Crippen LogP) is 6.32. The minimum Gasteiger partial charge on any atom is -0.487 e. The van der Waals surface area contributed by atoms with E-state index in [4.69, 9.17) is 18.9 Å². The number of carboxylic acid groups (broad SMARTS) is 1. The lowest BCUT2D eigenvalue weighted by Gasteiger charge is -2.33. The van der Waals surface area contributed by atoms with Gasteiger partial charge in [-0.05, 0) is 53.5 Å². The van der Waals surface area contributed by atoms with E-state index in [2.05, 4.69) is 0 Å². The van der Waals surface area contributed by atoms with Crippen LogP contribution in [0.4, 0.5) is 38.5 Å². The van der Waals surface area contributed by atoms with Gasteiger partial charge in [-0.2, -0.15) is 13.2 Å². The molecule has 1 saturated heterocycles. The first-order valence-electron chi connectivity index (χ1n) is 16.3. The van der Waals surface area contributed by atoms with Crippen LogP contribution < -0.4 is 14.5 Å². The van der Waals surface area contributed by atoms with Crippen LogP contribution in [0.25, 0.3) is 0 Å². The summed E-state index contributed by atoms with van der Waals surface area (Å²) >= 11 is 0. The first-order chi connectivity index (χ1) is 23.6. The first-order valence-corrected chi connectivity index (χ1v) is 16.3. The third kappa shape index (κ3) is 10.2. The Morgan fingerprint density at radius 3 is 2.14 bits per heavy atom. The molecule has 12 nitrogen and oxygen atoms in total. The van der Waals surface area contributed by atoms with Crippen molar-refractivity contribution in [3.63, 3.8) is 0 Å². The summed E-state index contributed by atoms with van der Waals surface area (Å²) in [4.78, 5) is 53.8. The molecule has 0 radical (unpaired) electrons. The number of fused-ring (bicyclic) bond motifs is 1. The number of hydrogen-bond acceptors (Lipinski definition) is 8. The average molecular weight is 726 g/mol. The van der Waals surface area contributed by atoms with Gasteiger partial charge in [0.2, 0.25) is 0 Å². The van der Waals surface area contributed by atoms with Crippen LogP contribution in [0, 0.1) is 11.7 Å². The van der Waals surface area contributed by atoms with Crippen molar-refractivity contribution < 1.29 is 60.8 Å². The second kappa shape index (κ2) is 15.3. The van der Waals surface area contributed by atoms with E-state index in [9.17, 15) is 37.5 Å². The Hall–Kier alpha value is -4.60. The fourth-order valence-corrected chi connectivity index (χ4v) is 5.61. The van der Waals surface area contributed by atoms with E-state index in [0.717, 1.165) is 11.0 Å². The van der Waals surface area contributed by atoms with Gasteiger partial charge in [0.15, 0.2) is 5.82 Å². The van der Waals surface area contributed by atoms with Crippen LogP contribution in [0.1, 0.15) is 59.1 Å². The maximum Gasteiger partial charge on any atom is 0.471 e. The van der Waals surface area contributed by atoms with Gasteiger partial charge in [-0.3, -0.25) is 19.4 Å². The zero-order valence-electron chi connectivity index (χ0n) is 29.3. The molecule has 0 aromatic heterocycles. The Morgan fingerprint density at radius 2 is 1.61 bits per heavy atom. The van der Waals surface area contributed by atoms with E-state index in [0.29, 0.717) is 25.2 Å². The highest BCUT2D eigenvalue weighted by atomic mass is 19.4. The van der Waals surface area contributed by atoms with Crippen molar-refractivity contribution >= 4 is 35.4 Å². The third-order valence-electron chi connectivity index (χ3n) is 7.85. The molecule has 1 N–H and O–H groups in total. The molecule has 2 aliphatic heterocycles. The predicted molar refractivity (Wildman–Crippen MR) is 176 cm³/mol. The van der Waals surface area contributed by atoms with Crippen LogP contribution in [0.5, 0.6) is 5.75 Å². The lowest BCUT2D eigenvalue weighted by molar-refractivity contribution is -0.171. The van der Waals surface area contributed by atoms with E-state index in [-0.39, 0.29) is 41.8 Å². The average Bonchev–Trinajstić information content (AvgIpc) is 3.34. The van der Waals surface area contributed by atoms with Crippen molar-refractivity contribution in [2.45, 2.75) is 84.4 Å². The van der Waals surface area contributed by atoms with Crippen molar-refractivity contribution in [2.75, 3.05) is 42.6 Å². The quantitative estimate of drug-likeness (QED) is 0.209. The molecule has 0 unspecified atom stereocenters. The van der Waals surface area contributed by atoms with Crippen LogP contribution in [0.3, 0.4) is 0 Å². The number of carbonyl (C=O) groups excluding carboxylic acids is 3. The van der Waals surface area contributed by atoms with Crippen LogP contribution in [0.15, 0.2) is 36.4 Å². The number of carbonyl (C=O) groups is 4. The Kier molecular flexibility index (Phi) is 11.8. The molecular weight excluding hydrogens is 682 g/mol. The van der Waals surface area contributed by atoms with Crippen LogP contribution in [0.2, 0.25) is 0 Å². The van der Waals surface area contributed by atoms with Crippen LogP contribution in [-0.2, 0) is 36.8 Å². The lowest BCUT2D eigenvalue weighted by atomic mass is 10.0. The number of rotatable bonds is 11. The molecule has 4 rings (SSSR count). The maximum absolute atomic E-state index is 16.9. The second-order valence-electron chi connectivity index (χ2n) is 14.4. The van der Waals surface area contributed by atoms with E-state index >= 15 is 4.39 Å². The number of hydrogen-bond donors (Lipinski definition) is 1. The van der Waals surface area contributed by atoms with Gasteiger partial charge in [-0.25, -0.2) is 14.0 Å². The second-order valence-corrected chi connectivity index (χ2v) is 14.4. The summed E-state index contributed by atoms with van der Waals surface area (Å²) in [6, 6.07) is 8.20. The first kappa shape index (κ1) is 39.2. The molecule has 1 atom stereocenters. The van der Waals surface area contributed by atoms with E-state index in [1.54, 1.807) is 51.1 Å². The van der Waals surface area contributed by atoms with Gasteiger partial charge < -0.3 is 29.0 Å². The molecule has 0 saturated carbocycles. The Balaban J connectivity index is 1.81. The number of esters is 1. The smallest absolute Gasteiger partial charge is 0.471 e. The van der Waals surface area contributed by atoms with Crippen molar-refractivity contribution in [3.05, 3.63) is 53.3 Å². The van der Waals surface area contributed by atoms with E-state index in [1.165, 1.54) is 25.7 Å². The highest BCUT2D eigenvalue weighted by Gasteiger charge is 2.47. The van der Waals surface area contributed by atoms with Crippen LogP contribution in [-0.4, -0.2) is 90.3 Å². The minimum atomic E-state index is -5.56. The van der Waals surface area contributed by atoms with Gasteiger partial charge in [0, 0.05) is 37.1 Å². The summed E-state index contributed by atoms with van der Waals surface area (Å²) in [5, 5.41) is 10.4.